The van der Waals surface area contributed by atoms with Gasteiger partial charge in [-0.15, -0.1) is 0 Å². The smallest absolute Gasteiger partial charge is 0.224 e. The molecule has 0 unspecified atom stereocenters. The van der Waals surface area contributed by atoms with Crippen molar-refractivity contribution in [2.45, 2.75) is 134 Å². The van der Waals surface area contributed by atoms with Crippen LogP contribution in [-0.2, 0) is 33.6 Å². The van der Waals surface area contributed by atoms with Crippen LogP contribution in [0.5, 0.6) is 0 Å². The minimum absolute atomic E-state index is 0.0308. The lowest BCUT2D eigenvalue weighted by Crippen LogP contribution is -2.38. The average molecular weight is 496 g/mol. The summed E-state index contributed by atoms with van der Waals surface area (Å²) in [7, 11) is 0. The molecule has 36 heavy (non-hydrogen) atoms. The van der Waals surface area contributed by atoms with Crippen molar-refractivity contribution in [1.82, 2.24) is 16.0 Å². The van der Waals surface area contributed by atoms with Crippen LogP contribution in [0.3, 0.4) is 0 Å². The van der Waals surface area contributed by atoms with Gasteiger partial charge in [-0.25, -0.2) is 0 Å². The second kappa shape index (κ2) is 13.8. The Morgan fingerprint density at radius 2 is 0.722 bits per heavy atom. The Hall–Kier alpha value is -2.37. The maximum Gasteiger partial charge on any atom is 0.224 e. The second-order valence-electron chi connectivity index (χ2n) is 11.4. The Bertz CT molecular complexity index is 755. The topological polar surface area (TPSA) is 87.3 Å². The van der Waals surface area contributed by atoms with Gasteiger partial charge in [-0.2, -0.15) is 0 Å². The molecule has 0 spiro atoms. The lowest BCUT2D eigenvalue weighted by Gasteiger charge is -2.23. The van der Waals surface area contributed by atoms with Gasteiger partial charge in [0.1, 0.15) is 0 Å². The number of rotatable bonds is 9. The normalized spacial score (nSPS) is 20.0. The number of hydrogen-bond donors (Lipinski definition) is 3. The molecule has 1 aromatic rings. The standard InChI is InChI=1S/C30H45N3O3/c34-28(31-25-10-4-1-5-11-25)19-22-16-23(20-29(35)32-26-12-6-2-7-13-26)18-24(17-22)21-30(36)33-27-14-8-3-9-15-27/h16-18,25-27H,1-15,19-21H2,(H,31,34)(H,32,35)(H,33,36). The molecule has 0 bridgehead atoms. The number of amides is 3. The van der Waals surface area contributed by atoms with Gasteiger partial charge in [0.05, 0.1) is 19.3 Å². The van der Waals surface area contributed by atoms with Crippen LogP contribution >= 0.6 is 0 Å². The van der Waals surface area contributed by atoms with Crippen LogP contribution in [-0.4, -0.2) is 35.8 Å². The SMILES string of the molecule is O=C(Cc1cc(CC(=O)NC2CCCCC2)cc(CC(=O)NC2CCCCC2)c1)NC1CCCCC1. The summed E-state index contributed by atoms with van der Waals surface area (Å²) in [6.07, 6.45) is 18.0. The summed E-state index contributed by atoms with van der Waals surface area (Å²) in [6.45, 7) is 0. The van der Waals surface area contributed by atoms with Crippen molar-refractivity contribution in [3.63, 3.8) is 0 Å². The van der Waals surface area contributed by atoms with Gasteiger partial charge in [0, 0.05) is 18.1 Å². The van der Waals surface area contributed by atoms with Gasteiger partial charge in [-0.05, 0) is 55.2 Å². The van der Waals surface area contributed by atoms with Crippen molar-refractivity contribution < 1.29 is 14.4 Å². The van der Waals surface area contributed by atoms with Gasteiger partial charge in [0.25, 0.3) is 0 Å². The van der Waals surface area contributed by atoms with Gasteiger partial charge in [-0.1, -0.05) is 76.0 Å². The maximum absolute atomic E-state index is 12.8. The molecule has 0 saturated heterocycles. The molecule has 3 fully saturated rings. The Balaban J connectivity index is 1.40. The van der Waals surface area contributed by atoms with Crippen molar-refractivity contribution in [2.24, 2.45) is 0 Å². The fourth-order valence-corrected chi connectivity index (χ4v) is 6.28. The van der Waals surface area contributed by atoms with E-state index < -0.39 is 0 Å². The van der Waals surface area contributed by atoms with E-state index in [9.17, 15) is 14.4 Å². The van der Waals surface area contributed by atoms with Crippen molar-refractivity contribution >= 4 is 17.7 Å². The number of carbonyl (C=O) groups is 3. The minimum atomic E-state index is 0.0308. The predicted octanol–water partition coefficient (Wildman–Crippen LogP) is 4.66. The minimum Gasteiger partial charge on any atom is -0.353 e. The highest BCUT2D eigenvalue weighted by Crippen LogP contribution is 2.20. The molecule has 6 nitrogen and oxygen atoms in total. The molecule has 3 amide bonds. The molecule has 0 radical (unpaired) electrons. The van der Waals surface area contributed by atoms with Crippen LogP contribution in [0.25, 0.3) is 0 Å². The van der Waals surface area contributed by atoms with E-state index in [0.29, 0.717) is 0 Å². The van der Waals surface area contributed by atoms with E-state index in [2.05, 4.69) is 16.0 Å². The summed E-state index contributed by atoms with van der Waals surface area (Å²) in [5, 5.41) is 9.60. The first kappa shape index (κ1) is 26.7. The number of carbonyl (C=O) groups excluding carboxylic acids is 3. The van der Waals surface area contributed by atoms with E-state index in [1.54, 1.807) is 0 Å². The van der Waals surface area contributed by atoms with Crippen molar-refractivity contribution in [3.05, 3.63) is 34.9 Å². The molecule has 3 aliphatic carbocycles. The molecule has 4 rings (SSSR count). The molecule has 0 aliphatic heterocycles. The van der Waals surface area contributed by atoms with Gasteiger partial charge >= 0.3 is 0 Å². The monoisotopic (exact) mass is 495 g/mol. The van der Waals surface area contributed by atoms with Gasteiger partial charge in [-0.3, -0.25) is 14.4 Å². The first-order valence-electron chi connectivity index (χ1n) is 14.5. The molecule has 6 heteroatoms. The summed E-state index contributed by atoms with van der Waals surface area (Å²) in [6, 6.07) is 6.75. The largest absolute Gasteiger partial charge is 0.353 e. The second-order valence-corrected chi connectivity index (χ2v) is 11.4. The van der Waals surface area contributed by atoms with E-state index in [0.717, 1.165) is 55.2 Å². The Labute approximate surface area is 216 Å². The summed E-state index contributed by atoms with van der Waals surface area (Å²) in [5.41, 5.74) is 2.64. The summed E-state index contributed by atoms with van der Waals surface area (Å²) < 4.78 is 0. The molecule has 198 valence electrons. The van der Waals surface area contributed by atoms with E-state index in [1.165, 1.54) is 57.8 Å². The Kier molecular flexibility index (Phi) is 10.2. The van der Waals surface area contributed by atoms with Crippen molar-refractivity contribution in [1.29, 1.82) is 0 Å². The Morgan fingerprint density at radius 3 is 0.972 bits per heavy atom. The molecular formula is C30H45N3O3. The van der Waals surface area contributed by atoms with Crippen molar-refractivity contribution in [2.75, 3.05) is 0 Å². The molecule has 3 aliphatic rings. The highest BCUT2D eigenvalue weighted by atomic mass is 16.2. The van der Waals surface area contributed by atoms with Crippen LogP contribution < -0.4 is 16.0 Å². The van der Waals surface area contributed by atoms with Gasteiger partial charge in [0.2, 0.25) is 17.7 Å². The molecular weight excluding hydrogens is 450 g/mol. The zero-order valence-corrected chi connectivity index (χ0v) is 21.9. The predicted molar refractivity (Wildman–Crippen MR) is 143 cm³/mol. The third-order valence-corrected chi connectivity index (χ3v) is 8.12. The zero-order chi connectivity index (χ0) is 25.2. The highest BCUT2D eigenvalue weighted by molar-refractivity contribution is 5.82. The molecule has 0 atom stereocenters. The molecule has 3 saturated carbocycles. The van der Waals surface area contributed by atoms with Crippen LogP contribution in [0.2, 0.25) is 0 Å². The van der Waals surface area contributed by atoms with E-state index in [-0.39, 0.29) is 55.1 Å². The van der Waals surface area contributed by atoms with Crippen molar-refractivity contribution in [3.8, 4) is 0 Å². The summed E-state index contributed by atoms with van der Waals surface area (Å²) in [5.74, 6) is 0.0925. The Morgan fingerprint density at radius 1 is 0.472 bits per heavy atom. The quantitative estimate of drug-likeness (QED) is 0.466. The molecule has 1 aromatic carbocycles. The lowest BCUT2D eigenvalue weighted by atomic mass is 9.94. The van der Waals surface area contributed by atoms with E-state index in [1.807, 2.05) is 18.2 Å². The lowest BCUT2D eigenvalue weighted by molar-refractivity contribution is -0.122. The summed E-state index contributed by atoms with van der Waals surface area (Å²) >= 11 is 0. The number of benzene rings is 1. The fourth-order valence-electron chi connectivity index (χ4n) is 6.28. The number of nitrogens with one attached hydrogen (secondary N) is 3. The fraction of sp³-hybridized carbons (Fsp3) is 0.700. The van der Waals surface area contributed by atoms with Crippen LogP contribution in [0.1, 0.15) is 113 Å². The number of hydrogen-bond acceptors (Lipinski definition) is 3. The molecule has 0 aromatic heterocycles. The van der Waals surface area contributed by atoms with Gasteiger partial charge < -0.3 is 16.0 Å². The van der Waals surface area contributed by atoms with E-state index in [4.69, 9.17) is 0 Å². The van der Waals surface area contributed by atoms with Crippen LogP contribution in [0, 0.1) is 0 Å². The average Bonchev–Trinajstić information content (AvgIpc) is 2.85. The third kappa shape index (κ3) is 8.94. The summed E-state index contributed by atoms with van der Waals surface area (Å²) in [4.78, 5) is 38.4. The first-order chi connectivity index (χ1) is 17.5. The first-order valence-corrected chi connectivity index (χ1v) is 14.5. The molecule has 0 heterocycles. The zero-order valence-electron chi connectivity index (χ0n) is 21.9. The third-order valence-electron chi connectivity index (χ3n) is 8.12. The highest BCUT2D eigenvalue weighted by Gasteiger charge is 2.20. The van der Waals surface area contributed by atoms with E-state index >= 15 is 0 Å². The molecule has 3 N–H and O–H groups in total. The van der Waals surface area contributed by atoms with Gasteiger partial charge in [0.15, 0.2) is 0 Å². The van der Waals surface area contributed by atoms with Crippen LogP contribution in [0.15, 0.2) is 18.2 Å². The maximum atomic E-state index is 12.8. The van der Waals surface area contributed by atoms with Crippen LogP contribution in [0.4, 0.5) is 0 Å².